The molecule has 0 atom stereocenters. The summed E-state index contributed by atoms with van der Waals surface area (Å²) in [5.74, 6) is 0.998. The number of methoxy groups -OCH3 is 1. The largest absolute Gasteiger partial charge is 0.494 e. The zero-order valence-corrected chi connectivity index (χ0v) is 12.5. The summed E-state index contributed by atoms with van der Waals surface area (Å²) in [6.45, 7) is 0. The highest BCUT2D eigenvalue weighted by Gasteiger charge is 2.12. The van der Waals surface area contributed by atoms with Crippen LogP contribution in [0.3, 0.4) is 0 Å². The van der Waals surface area contributed by atoms with E-state index in [1.54, 1.807) is 19.2 Å². The molecule has 108 valence electrons. The number of hydrogen-bond donors (Lipinski definition) is 1. The maximum absolute atomic E-state index is 13.0. The van der Waals surface area contributed by atoms with Crippen LogP contribution in [0.4, 0.5) is 9.52 Å². The summed E-state index contributed by atoms with van der Waals surface area (Å²) < 4.78 is 24.8. The molecule has 0 saturated carbocycles. The van der Waals surface area contributed by atoms with E-state index in [4.69, 9.17) is 26.8 Å². The van der Waals surface area contributed by atoms with Gasteiger partial charge in [-0.3, -0.25) is 0 Å². The van der Waals surface area contributed by atoms with E-state index in [0.717, 1.165) is 4.70 Å². The van der Waals surface area contributed by atoms with E-state index in [1.807, 2.05) is 0 Å². The first kappa shape index (κ1) is 13.9. The van der Waals surface area contributed by atoms with E-state index in [1.165, 1.54) is 29.5 Å². The molecular formula is C14H10ClFN2O2S. The van der Waals surface area contributed by atoms with Crippen molar-refractivity contribution in [3.63, 3.8) is 0 Å². The SMILES string of the molecule is COc1cc(Oc2ccc(F)cc2Cl)cc2sc(N)nc12. The van der Waals surface area contributed by atoms with E-state index in [9.17, 15) is 4.39 Å². The third kappa shape index (κ3) is 2.72. The molecule has 1 heterocycles. The molecule has 7 heteroatoms. The zero-order chi connectivity index (χ0) is 15.0. The van der Waals surface area contributed by atoms with Crippen LogP contribution in [0.1, 0.15) is 0 Å². The zero-order valence-electron chi connectivity index (χ0n) is 10.9. The second-order valence-corrected chi connectivity index (χ2v) is 5.67. The normalized spacial score (nSPS) is 10.8. The Kier molecular flexibility index (Phi) is 3.57. The van der Waals surface area contributed by atoms with Crippen molar-refractivity contribution in [1.29, 1.82) is 0 Å². The van der Waals surface area contributed by atoms with Gasteiger partial charge in [-0.15, -0.1) is 0 Å². The fraction of sp³-hybridized carbons (Fsp3) is 0.0714. The Morgan fingerprint density at radius 3 is 2.76 bits per heavy atom. The Morgan fingerprint density at radius 1 is 1.24 bits per heavy atom. The van der Waals surface area contributed by atoms with E-state index >= 15 is 0 Å². The van der Waals surface area contributed by atoms with Crippen molar-refractivity contribution in [3.05, 3.63) is 41.2 Å². The van der Waals surface area contributed by atoms with E-state index in [2.05, 4.69) is 4.98 Å². The highest BCUT2D eigenvalue weighted by molar-refractivity contribution is 7.22. The first-order chi connectivity index (χ1) is 10.1. The maximum Gasteiger partial charge on any atom is 0.181 e. The van der Waals surface area contributed by atoms with Crippen molar-refractivity contribution in [2.75, 3.05) is 12.8 Å². The molecule has 0 amide bonds. The molecule has 0 aliphatic heterocycles. The molecule has 0 saturated heterocycles. The monoisotopic (exact) mass is 324 g/mol. The van der Waals surface area contributed by atoms with Gasteiger partial charge in [0.25, 0.3) is 0 Å². The number of anilines is 1. The molecule has 0 fully saturated rings. The lowest BCUT2D eigenvalue weighted by atomic mass is 10.3. The van der Waals surface area contributed by atoms with Crippen molar-refractivity contribution in [3.8, 4) is 17.2 Å². The fourth-order valence-corrected chi connectivity index (χ4v) is 2.88. The number of ether oxygens (including phenoxy) is 2. The van der Waals surface area contributed by atoms with Crippen LogP contribution in [-0.2, 0) is 0 Å². The fourth-order valence-electron chi connectivity index (χ4n) is 1.89. The highest BCUT2D eigenvalue weighted by Crippen LogP contribution is 2.38. The van der Waals surface area contributed by atoms with Gasteiger partial charge in [0.1, 0.15) is 28.6 Å². The molecule has 0 unspecified atom stereocenters. The smallest absolute Gasteiger partial charge is 0.181 e. The summed E-state index contributed by atoms with van der Waals surface area (Å²) in [5.41, 5.74) is 6.38. The van der Waals surface area contributed by atoms with Crippen LogP contribution < -0.4 is 15.2 Å². The molecule has 1 aromatic heterocycles. The van der Waals surface area contributed by atoms with Crippen LogP contribution in [0.2, 0.25) is 5.02 Å². The minimum atomic E-state index is -0.421. The lowest BCUT2D eigenvalue weighted by Gasteiger charge is -2.09. The first-order valence-electron chi connectivity index (χ1n) is 5.94. The second-order valence-electron chi connectivity index (χ2n) is 4.20. The Bertz CT molecular complexity index is 822. The number of fused-ring (bicyclic) bond motifs is 1. The van der Waals surface area contributed by atoms with E-state index in [0.29, 0.717) is 27.9 Å². The number of hydrogen-bond acceptors (Lipinski definition) is 5. The van der Waals surface area contributed by atoms with Gasteiger partial charge in [0.2, 0.25) is 0 Å². The minimum Gasteiger partial charge on any atom is -0.494 e. The van der Waals surface area contributed by atoms with Crippen LogP contribution in [-0.4, -0.2) is 12.1 Å². The number of thiazole rings is 1. The molecule has 21 heavy (non-hydrogen) atoms. The topological polar surface area (TPSA) is 57.4 Å². The van der Waals surface area contributed by atoms with Gasteiger partial charge in [-0.25, -0.2) is 9.37 Å². The third-order valence-electron chi connectivity index (χ3n) is 2.79. The summed E-state index contributed by atoms with van der Waals surface area (Å²) in [6.07, 6.45) is 0. The number of nitrogens with zero attached hydrogens (tertiary/aromatic N) is 1. The van der Waals surface area contributed by atoms with Crippen LogP contribution >= 0.6 is 22.9 Å². The molecule has 3 aromatic rings. The summed E-state index contributed by atoms with van der Waals surface area (Å²) in [5, 5.41) is 0.637. The molecule has 0 radical (unpaired) electrons. The minimum absolute atomic E-state index is 0.192. The Labute approximate surface area is 128 Å². The molecule has 2 aromatic carbocycles. The van der Waals surface area contributed by atoms with Crippen molar-refractivity contribution in [2.24, 2.45) is 0 Å². The summed E-state index contributed by atoms with van der Waals surface area (Å²) in [7, 11) is 1.54. The lowest BCUT2D eigenvalue weighted by Crippen LogP contribution is -1.90. The number of nitrogens with two attached hydrogens (primary N) is 1. The standard InChI is InChI=1S/C14H10ClFN2O2S/c1-19-11-5-8(6-12-13(11)18-14(17)21-12)20-10-3-2-7(16)4-9(10)15/h2-6H,1H3,(H2,17,18). The van der Waals surface area contributed by atoms with Gasteiger partial charge in [-0.05, 0) is 18.2 Å². The van der Waals surface area contributed by atoms with E-state index in [-0.39, 0.29) is 5.02 Å². The predicted octanol–water partition coefficient (Wildman–Crippen LogP) is 4.47. The average molecular weight is 325 g/mol. The quantitative estimate of drug-likeness (QED) is 0.772. The number of nitrogen functional groups attached to an aromatic ring is 1. The third-order valence-corrected chi connectivity index (χ3v) is 3.92. The molecule has 0 aliphatic carbocycles. The van der Waals surface area contributed by atoms with Gasteiger partial charge >= 0.3 is 0 Å². The maximum atomic E-state index is 13.0. The first-order valence-corrected chi connectivity index (χ1v) is 7.13. The van der Waals surface area contributed by atoms with E-state index < -0.39 is 5.82 Å². The number of halogens is 2. The number of aromatic nitrogens is 1. The van der Waals surface area contributed by atoms with Crippen LogP contribution in [0.25, 0.3) is 10.2 Å². The Hall–Kier alpha value is -2.05. The number of rotatable bonds is 3. The predicted molar refractivity (Wildman–Crippen MR) is 82.1 cm³/mol. The average Bonchev–Trinajstić information content (AvgIpc) is 2.81. The van der Waals surface area contributed by atoms with Crippen LogP contribution in [0.15, 0.2) is 30.3 Å². The van der Waals surface area contributed by atoms with Crippen LogP contribution in [0.5, 0.6) is 17.2 Å². The van der Waals surface area contributed by atoms with Gasteiger partial charge in [-0.1, -0.05) is 22.9 Å². The Balaban J connectivity index is 2.04. The highest BCUT2D eigenvalue weighted by atomic mass is 35.5. The molecule has 0 spiro atoms. The summed E-state index contributed by atoms with van der Waals surface area (Å²) in [6, 6.07) is 7.40. The molecule has 2 N–H and O–H groups in total. The molecule has 4 nitrogen and oxygen atoms in total. The molecule has 3 rings (SSSR count). The number of benzene rings is 2. The van der Waals surface area contributed by atoms with Crippen LogP contribution in [0, 0.1) is 5.82 Å². The van der Waals surface area contributed by atoms with Gasteiger partial charge < -0.3 is 15.2 Å². The molecule has 0 bridgehead atoms. The molecule has 0 aliphatic rings. The summed E-state index contributed by atoms with van der Waals surface area (Å²) >= 11 is 7.28. The lowest BCUT2D eigenvalue weighted by molar-refractivity contribution is 0.413. The van der Waals surface area contributed by atoms with Crippen molar-refractivity contribution < 1.29 is 13.9 Å². The summed E-state index contributed by atoms with van der Waals surface area (Å²) in [4.78, 5) is 4.20. The van der Waals surface area contributed by atoms with Gasteiger partial charge in [-0.2, -0.15) is 0 Å². The van der Waals surface area contributed by atoms with Gasteiger partial charge in [0.15, 0.2) is 5.13 Å². The Morgan fingerprint density at radius 2 is 2.05 bits per heavy atom. The molecular weight excluding hydrogens is 315 g/mol. The van der Waals surface area contributed by atoms with Crippen molar-refractivity contribution in [2.45, 2.75) is 0 Å². The second kappa shape index (κ2) is 5.38. The van der Waals surface area contributed by atoms with Gasteiger partial charge in [0, 0.05) is 12.1 Å². The van der Waals surface area contributed by atoms with Crippen molar-refractivity contribution >= 4 is 38.3 Å². The van der Waals surface area contributed by atoms with Gasteiger partial charge in [0.05, 0.1) is 16.8 Å². The van der Waals surface area contributed by atoms with Crippen molar-refractivity contribution in [1.82, 2.24) is 4.98 Å².